The molecule has 11 heteroatoms. The van der Waals surface area contributed by atoms with Gasteiger partial charge in [0.15, 0.2) is 0 Å². The van der Waals surface area contributed by atoms with Gasteiger partial charge in [0.2, 0.25) is 11.8 Å². The summed E-state index contributed by atoms with van der Waals surface area (Å²) in [6.07, 6.45) is 0. The molecule has 2 N–H and O–H groups in total. The standard InChI is InChI=1S/C17H13N5O5S/c23-14(18-19-15(24)12-7-4-8-13(9-12)22(25)26)10-28-17-21-20-16(27-17)11-5-2-1-3-6-11/h1-9H,10H2,(H,18,23)(H,19,24). The third-order valence-corrected chi connectivity index (χ3v) is 4.21. The maximum absolute atomic E-state index is 12.0. The van der Waals surface area contributed by atoms with Crippen LogP contribution in [0.15, 0.2) is 64.2 Å². The Hall–Kier alpha value is -3.73. The minimum atomic E-state index is -0.675. The molecule has 0 unspecified atom stereocenters. The summed E-state index contributed by atoms with van der Waals surface area (Å²) in [7, 11) is 0. The molecule has 28 heavy (non-hydrogen) atoms. The number of hydrazine groups is 1. The van der Waals surface area contributed by atoms with Crippen molar-refractivity contribution in [3.8, 4) is 11.5 Å². The predicted octanol–water partition coefficient (Wildman–Crippen LogP) is 2.20. The molecule has 2 aromatic carbocycles. The van der Waals surface area contributed by atoms with Crippen LogP contribution in [0.3, 0.4) is 0 Å². The topological polar surface area (TPSA) is 140 Å². The van der Waals surface area contributed by atoms with Crippen molar-refractivity contribution < 1.29 is 18.9 Å². The van der Waals surface area contributed by atoms with E-state index >= 15 is 0 Å². The van der Waals surface area contributed by atoms with Crippen molar-refractivity contribution in [2.24, 2.45) is 0 Å². The molecule has 0 aliphatic carbocycles. The highest BCUT2D eigenvalue weighted by atomic mass is 32.2. The molecule has 2 amide bonds. The van der Waals surface area contributed by atoms with Crippen molar-refractivity contribution in [3.63, 3.8) is 0 Å². The second kappa shape index (κ2) is 8.77. The summed E-state index contributed by atoms with van der Waals surface area (Å²) < 4.78 is 5.46. The van der Waals surface area contributed by atoms with Crippen molar-refractivity contribution in [3.05, 3.63) is 70.3 Å². The van der Waals surface area contributed by atoms with Crippen LogP contribution >= 0.6 is 11.8 Å². The van der Waals surface area contributed by atoms with Crippen LogP contribution in [0, 0.1) is 10.1 Å². The number of nitro groups is 1. The lowest BCUT2D eigenvalue weighted by Gasteiger charge is -2.06. The molecule has 0 fully saturated rings. The highest BCUT2D eigenvalue weighted by molar-refractivity contribution is 7.99. The number of non-ortho nitro benzene ring substituents is 1. The summed E-state index contributed by atoms with van der Waals surface area (Å²) in [6, 6.07) is 14.3. The average molecular weight is 399 g/mol. The number of hydrogen-bond donors (Lipinski definition) is 2. The summed E-state index contributed by atoms with van der Waals surface area (Å²) in [6.45, 7) is 0. The van der Waals surface area contributed by atoms with Crippen molar-refractivity contribution in [2.45, 2.75) is 5.22 Å². The lowest BCUT2D eigenvalue weighted by atomic mass is 10.2. The number of thioether (sulfide) groups is 1. The zero-order valence-corrected chi connectivity index (χ0v) is 15.0. The number of nitrogens with zero attached hydrogens (tertiary/aromatic N) is 3. The van der Waals surface area contributed by atoms with E-state index in [0.717, 1.165) is 23.4 Å². The first-order valence-corrected chi connectivity index (χ1v) is 8.87. The largest absolute Gasteiger partial charge is 0.411 e. The molecule has 3 rings (SSSR count). The lowest BCUT2D eigenvalue weighted by molar-refractivity contribution is -0.384. The van der Waals surface area contributed by atoms with Gasteiger partial charge in [0, 0.05) is 23.3 Å². The first-order valence-electron chi connectivity index (χ1n) is 7.88. The minimum Gasteiger partial charge on any atom is -0.411 e. The van der Waals surface area contributed by atoms with Crippen LogP contribution in [0.4, 0.5) is 5.69 Å². The number of carbonyl (C=O) groups excluding carboxylic acids is 2. The molecular weight excluding hydrogens is 386 g/mol. The number of rotatable bonds is 6. The molecule has 3 aromatic rings. The summed E-state index contributed by atoms with van der Waals surface area (Å²) in [4.78, 5) is 33.9. The molecule has 0 aliphatic rings. The number of aromatic nitrogens is 2. The Morgan fingerprint density at radius 1 is 1.07 bits per heavy atom. The van der Waals surface area contributed by atoms with Crippen LogP contribution in [-0.4, -0.2) is 32.7 Å². The molecule has 0 spiro atoms. The molecular formula is C17H13N5O5S. The van der Waals surface area contributed by atoms with Crippen LogP contribution < -0.4 is 10.9 Å². The van der Waals surface area contributed by atoms with E-state index < -0.39 is 16.7 Å². The Labute approximate surface area is 162 Å². The highest BCUT2D eigenvalue weighted by Crippen LogP contribution is 2.22. The fraction of sp³-hybridized carbons (Fsp3) is 0.0588. The van der Waals surface area contributed by atoms with Gasteiger partial charge in [-0.1, -0.05) is 36.0 Å². The molecule has 142 valence electrons. The molecule has 0 saturated carbocycles. The van der Waals surface area contributed by atoms with E-state index in [1.807, 2.05) is 30.3 Å². The Bertz CT molecular complexity index is 1010. The first kappa shape index (κ1) is 19.0. The smallest absolute Gasteiger partial charge is 0.277 e. The zero-order chi connectivity index (χ0) is 19.9. The average Bonchev–Trinajstić information content (AvgIpc) is 3.20. The van der Waals surface area contributed by atoms with Crippen molar-refractivity contribution in [1.29, 1.82) is 0 Å². The Morgan fingerprint density at radius 2 is 1.86 bits per heavy atom. The number of nitrogens with one attached hydrogen (secondary N) is 2. The summed E-state index contributed by atoms with van der Waals surface area (Å²) in [5.41, 5.74) is 5.00. The zero-order valence-electron chi connectivity index (χ0n) is 14.2. The van der Waals surface area contributed by atoms with Crippen LogP contribution in [0.5, 0.6) is 0 Å². The lowest BCUT2D eigenvalue weighted by Crippen LogP contribution is -2.42. The van der Waals surface area contributed by atoms with Gasteiger partial charge in [0.1, 0.15) is 0 Å². The van der Waals surface area contributed by atoms with Gasteiger partial charge < -0.3 is 4.42 Å². The normalized spacial score (nSPS) is 10.3. The molecule has 0 radical (unpaired) electrons. The molecule has 0 aliphatic heterocycles. The number of hydrogen-bond acceptors (Lipinski definition) is 8. The number of nitro benzene ring substituents is 1. The molecule has 0 saturated heterocycles. The SMILES string of the molecule is O=C(CSc1nnc(-c2ccccc2)o1)NNC(=O)c1cccc([N+](=O)[O-])c1. The quantitative estimate of drug-likeness (QED) is 0.365. The van der Waals surface area contributed by atoms with E-state index in [0.29, 0.717) is 5.89 Å². The van der Waals surface area contributed by atoms with Crippen molar-refractivity contribution >= 4 is 29.3 Å². The Balaban J connectivity index is 1.48. The first-order chi connectivity index (χ1) is 13.5. The third-order valence-electron chi connectivity index (χ3n) is 3.39. The van der Waals surface area contributed by atoms with Crippen LogP contribution in [0.25, 0.3) is 11.5 Å². The van der Waals surface area contributed by atoms with Crippen LogP contribution in [0.2, 0.25) is 0 Å². The highest BCUT2D eigenvalue weighted by Gasteiger charge is 2.14. The van der Waals surface area contributed by atoms with Crippen molar-refractivity contribution in [2.75, 3.05) is 5.75 Å². The van der Waals surface area contributed by atoms with Gasteiger partial charge >= 0.3 is 0 Å². The minimum absolute atomic E-state index is 0.0477. The fourth-order valence-corrected chi connectivity index (χ4v) is 2.65. The second-order valence-electron chi connectivity index (χ2n) is 5.34. The van der Waals surface area contributed by atoms with Gasteiger partial charge in [0.05, 0.1) is 10.7 Å². The van der Waals surface area contributed by atoms with E-state index in [2.05, 4.69) is 21.0 Å². The maximum Gasteiger partial charge on any atom is 0.277 e. The van der Waals surface area contributed by atoms with Gasteiger partial charge in [-0.15, -0.1) is 10.2 Å². The van der Waals surface area contributed by atoms with E-state index in [9.17, 15) is 19.7 Å². The van der Waals surface area contributed by atoms with Gasteiger partial charge in [-0.25, -0.2) is 0 Å². The van der Waals surface area contributed by atoms with Gasteiger partial charge in [0.25, 0.3) is 16.8 Å². The fourth-order valence-electron chi connectivity index (χ4n) is 2.09. The van der Waals surface area contributed by atoms with E-state index in [1.165, 1.54) is 18.2 Å². The van der Waals surface area contributed by atoms with E-state index in [1.54, 1.807) is 0 Å². The van der Waals surface area contributed by atoms with Gasteiger partial charge in [-0.2, -0.15) is 0 Å². The predicted molar refractivity (Wildman–Crippen MR) is 99.2 cm³/mol. The Morgan fingerprint density at radius 3 is 2.61 bits per heavy atom. The monoisotopic (exact) mass is 399 g/mol. The van der Waals surface area contributed by atoms with Crippen LogP contribution in [-0.2, 0) is 4.79 Å². The number of carbonyl (C=O) groups is 2. The number of benzene rings is 2. The van der Waals surface area contributed by atoms with E-state index in [-0.39, 0.29) is 22.2 Å². The molecule has 10 nitrogen and oxygen atoms in total. The Kier molecular flexibility index (Phi) is 5.97. The molecule has 1 aromatic heterocycles. The molecule has 0 atom stereocenters. The van der Waals surface area contributed by atoms with Crippen molar-refractivity contribution in [1.82, 2.24) is 21.0 Å². The third kappa shape index (κ3) is 4.92. The number of amides is 2. The van der Waals surface area contributed by atoms with Gasteiger partial charge in [-0.05, 0) is 18.2 Å². The maximum atomic E-state index is 12.0. The van der Waals surface area contributed by atoms with Gasteiger partial charge in [-0.3, -0.25) is 30.6 Å². The van der Waals surface area contributed by atoms with E-state index in [4.69, 9.17) is 4.42 Å². The molecule has 1 heterocycles. The summed E-state index contributed by atoms with van der Waals surface area (Å²) in [5, 5.41) is 18.7. The summed E-state index contributed by atoms with van der Waals surface area (Å²) >= 11 is 1.00. The second-order valence-corrected chi connectivity index (χ2v) is 6.26. The van der Waals surface area contributed by atoms with Crippen LogP contribution in [0.1, 0.15) is 10.4 Å². The summed E-state index contributed by atoms with van der Waals surface area (Å²) in [5.74, 6) is -0.928. The molecule has 0 bridgehead atoms.